The second-order valence-electron chi connectivity index (χ2n) is 26.6. The van der Waals surface area contributed by atoms with Crippen molar-refractivity contribution in [2.45, 2.75) is 0 Å². The van der Waals surface area contributed by atoms with Gasteiger partial charge in [-0.05, 0) is 85.6 Å². The summed E-state index contributed by atoms with van der Waals surface area (Å²) in [6.45, 7) is 0. The molecule has 0 aliphatic heterocycles. The van der Waals surface area contributed by atoms with E-state index >= 15 is 0 Å². The molecule has 8 aliphatic rings. The first-order chi connectivity index (χ1) is 53.0. The van der Waals surface area contributed by atoms with Crippen LogP contribution >= 0.6 is 53.3 Å². The van der Waals surface area contributed by atoms with Gasteiger partial charge in [0.2, 0.25) is 11.9 Å². The molecule has 0 amide bonds. The number of allylic oxidation sites excluding steroid dienone is 4. The Labute approximate surface area is 761 Å². The Bertz CT molecular complexity index is 4620. The van der Waals surface area contributed by atoms with Gasteiger partial charge in [-0.15, -0.1) is 32.6 Å². The number of aromatic nitrogens is 4. The van der Waals surface area contributed by atoms with Gasteiger partial charge in [0, 0.05) is 123 Å². The van der Waals surface area contributed by atoms with Crippen LogP contribution in [0, 0.1) is 73.0 Å². The number of imidazole rings is 2. The summed E-state index contributed by atoms with van der Waals surface area (Å²) in [6, 6.07) is 108. The third-order valence-electron chi connectivity index (χ3n) is 19.3. The zero-order valence-electron chi connectivity index (χ0n) is 63.1. The number of hydrogen-bond acceptors (Lipinski definition) is 8. The minimum Gasteiger partial charge on any atom is -1.00 e. The van der Waals surface area contributed by atoms with Gasteiger partial charge in [0.15, 0.2) is 0 Å². The molecule has 4 fully saturated rings. The van der Waals surface area contributed by atoms with E-state index in [4.69, 9.17) is 23.2 Å². The third kappa shape index (κ3) is 27.8. The molecular weight excluding hydrogens is 2030 g/mol. The second-order valence-corrected chi connectivity index (χ2v) is 38.6. The largest absolute Gasteiger partial charge is 1.00 e. The van der Waals surface area contributed by atoms with Gasteiger partial charge < -0.3 is 118 Å². The van der Waals surface area contributed by atoms with Crippen LogP contribution in [-0.2, 0) is 64.1 Å². The minimum absolute atomic E-state index is 0. The fourth-order valence-corrected chi connectivity index (χ4v) is 28.1. The van der Waals surface area contributed by atoms with E-state index in [1.165, 1.54) is 21.2 Å². The van der Waals surface area contributed by atoms with Crippen LogP contribution in [0.3, 0.4) is 0 Å². The first kappa shape index (κ1) is 100. The van der Waals surface area contributed by atoms with Gasteiger partial charge in [0.1, 0.15) is 14.3 Å². The number of halogens is 8. The van der Waals surface area contributed by atoms with Crippen LogP contribution < -0.4 is 117 Å². The number of nitrogens with zero attached hydrogens (tertiary/aromatic N) is 8. The van der Waals surface area contributed by atoms with Crippen molar-refractivity contribution in [1.29, 1.82) is 0 Å². The van der Waals surface area contributed by atoms with Crippen LogP contribution in [0.2, 0.25) is 10.0 Å². The maximum Gasteiger partial charge on any atom is 0.249 e. The summed E-state index contributed by atoms with van der Waals surface area (Å²) in [7, 11) is -3.33. The second kappa shape index (κ2) is 50.5. The van der Waals surface area contributed by atoms with Crippen molar-refractivity contribution in [2.24, 2.45) is 81.9 Å². The summed E-state index contributed by atoms with van der Waals surface area (Å²) >= 11 is 11.5. The average molecular weight is 2110 g/mol. The van der Waals surface area contributed by atoms with E-state index in [-0.39, 0.29) is 115 Å². The molecule has 8 aliphatic carbocycles. The van der Waals surface area contributed by atoms with E-state index in [9.17, 15) is 9.13 Å². The monoisotopic (exact) mass is 2110 g/mol. The van der Waals surface area contributed by atoms with Crippen LogP contribution in [0.5, 0.6) is 0 Å². The normalized spacial score (nSPS) is 17.6. The summed E-state index contributed by atoms with van der Waals surface area (Å²) in [5, 5.41) is 26.2. The molecule has 2 aromatic heterocycles. The maximum atomic E-state index is 14.6. The van der Waals surface area contributed by atoms with Crippen molar-refractivity contribution in [3.8, 4) is 0 Å². The number of azo groups is 2. The molecule has 10 nitrogen and oxygen atoms in total. The summed E-state index contributed by atoms with van der Waals surface area (Å²) in [5.41, 5.74) is 1.50. The Morgan fingerprint density at radius 3 is 0.741 bits per heavy atom. The van der Waals surface area contributed by atoms with E-state index in [1.54, 1.807) is 70.1 Å². The molecule has 2 heterocycles. The summed E-state index contributed by atoms with van der Waals surface area (Å²) in [5.74, 6) is 9.72. The Morgan fingerprint density at radius 2 is 0.552 bits per heavy atom. The van der Waals surface area contributed by atoms with Crippen molar-refractivity contribution in [3.05, 3.63) is 412 Å². The number of hydrogen-bond donors (Lipinski definition) is 0. The van der Waals surface area contributed by atoms with Crippen molar-refractivity contribution < 1.29 is 124 Å². The smallest absolute Gasteiger partial charge is 0.249 e. The number of aryl methyl sites for hydroxylation is 2. The molecule has 0 spiro atoms. The molecule has 21 rings (SSSR count). The Morgan fingerprint density at radius 1 is 0.328 bits per heavy atom. The van der Waals surface area contributed by atoms with Gasteiger partial charge in [0.25, 0.3) is 0 Å². The first-order valence-corrected chi connectivity index (χ1v) is 43.8. The van der Waals surface area contributed by atoms with Crippen molar-refractivity contribution >= 4 is 119 Å². The van der Waals surface area contributed by atoms with Crippen LogP contribution in [0.25, 0.3) is 0 Å². The third-order valence-corrected chi connectivity index (χ3v) is 33.5. The van der Waals surface area contributed by atoms with Crippen molar-refractivity contribution in [2.75, 3.05) is 11.8 Å². The molecule has 2 radical (unpaired) electrons. The molecule has 8 atom stereocenters. The standard InChI is InChI=1S/2C25H22OP2.2C10H9ClN4.2C8H8.C6H6.6ClH.2Re/c2*26-28(24-17-9-3-10-18-24,25-19-11-4-12-20-25)21-27(22-13-5-1-6-14-22)23-15-7-2-8-16-23;2*1-15-7-6-12-10(15)14-13-9-4-2-8(11)3-5-9;2*1-2-6-7-3-5(1)4-8(6)7;1-2-4-6-5-3-1;;;;;;;;/h2*1-20H,21H2;2*2-7H,1H3;2*1-8H;1-6H;6*1H;;/q;;;;2*-2;;;;;;;;;/p-6/t;;;;2*5?,6?,7-,8+;;;;;;;;;. The van der Waals surface area contributed by atoms with Gasteiger partial charge in [-0.2, -0.15) is 23.7 Å². The van der Waals surface area contributed by atoms with Crippen molar-refractivity contribution in [1.82, 2.24) is 19.1 Å². The van der Waals surface area contributed by atoms with Crippen LogP contribution in [0.1, 0.15) is 0 Å². The molecule has 11 aromatic carbocycles. The quantitative estimate of drug-likeness (QED) is 0.0634. The summed E-state index contributed by atoms with van der Waals surface area (Å²) in [4.78, 5) is 8.05. The predicted octanol–water partition coefficient (Wildman–Crippen LogP) is 3.78. The number of rotatable bonds is 16. The summed E-state index contributed by atoms with van der Waals surface area (Å²) < 4.78 is 32.8. The molecular formula is C92H84Cl8N8O2P4Re2-10. The number of benzene rings is 11. The van der Waals surface area contributed by atoms with E-state index in [1.807, 2.05) is 208 Å². The zero-order chi connectivity index (χ0) is 74.3. The van der Waals surface area contributed by atoms with Crippen LogP contribution in [0.15, 0.2) is 397 Å². The Hall–Kier alpha value is -6.52. The van der Waals surface area contributed by atoms with Crippen LogP contribution in [0.4, 0.5) is 23.3 Å². The van der Waals surface area contributed by atoms with Crippen LogP contribution in [-0.4, -0.2) is 30.9 Å². The molecule has 13 aromatic rings. The maximum absolute atomic E-state index is 14.6. The fraction of sp³-hybridized carbons (Fsp3) is 0.130. The predicted molar refractivity (Wildman–Crippen MR) is 455 cm³/mol. The van der Waals surface area contributed by atoms with Crippen molar-refractivity contribution in [3.63, 3.8) is 0 Å². The van der Waals surface area contributed by atoms with Gasteiger partial charge in [0.05, 0.1) is 11.4 Å². The van der Waals surface area contributed by atoms with E-state index in [0.29, 0.717) is 33.7 Å². The Balaban J connectivity index is 0.000000252. The molecule has 4 saturated carbocycles. The first-order valence-electron chi connectivity index (χ1n) is 36.2. The molecule has 0 saturated heterocycles. The molecule has 4 unspecified atom stereocenters. The topological polar surface area (TPSA) is 119 Å². The molecule has 604 valence electrons. The van der Waals surface area contributed by atoms with Gasteiger partial charge in [-0.1, -0.05) is 326 Å². The summed E-state index contributed by atoms with van der Waals surface area (Å²) in [6.07, 6.45) is 26.3. The van der Waals surface area contributed by atoms with E-state index in [2.05, 4.69) is 177 Å². The molecule has 0 N–H and O–H groups in total. The molecule has 24 heteroatoms. The molecule has 116 heavy (non-hydrogen) atoms. The fourth-order valence-electron chi connectivity index (χ4n) is 13.5. The van der Waals surface area contributed by atoms with E-state index < -0.39 is 30.1 Å². The SMILES string of the molecule is C1=CC2[C@H]3[CH-]C1[CH-][C@@H]23.C1=CC2[C@H]3[CH-]C1[CH-][C@@H]23.Cn1ccnc1N=Nc1ccc(Cl)cc1.Cn1ccnc1N=Nc1ccc(Cl)cc1.O=P(CP(c1ccccc1)c1ccccc1)(c1ccccc1)c1ccccc1.O=P(CP(c1ccccc1)c1ccccc1)(c1ccccc1)c1ccccc1.[Cl-].[Cl-].[Cl-].[Cl-].[Cl-].[Cl-].[Re].[Re].c1ccccc1. The Kier molecular flexibility index (Phi) is 43.6. The zero-order valence-corrected chi connectivity index (χ0v) is 78.2. The molecule has 8 bridgehead atoms. The van der Waals surface area contributed by atoms with Gasteiger partial charge >= 0.3 is 0 Å². The van der Waals surface area contributed by atoms with E-state index in [0.717, 1.165) is 79.9 Å². The average Bonchev–Trinajstić information content (AvgIpc) is 1.57. The minimum atomic E-state index is -2.78. The van der Waals surface area contributed by atoms with Gasteiger partial charge in [-0.25, -0.2) is 9.97 Å². The van der Waals surface area contributed by atoms with Gasteiger partial charge in [-0.3, -0.25) is 11.8 Å².